The largest absolute Gasteiger partial charge is 0.497 e. The summed E-state index contributed by atoms with van der Waals surface area (Å²) in [4.78, 5) is 15.1. The zero-order chi connectivity index (χ0) is 20.9. The molecular formula is C22H26ClNO4S. The molecule has 0 aromatic heterocycles. The van der Waals surface area contributed by atoms with E-state index in [4.69, 9.17) is 16.3 Å². The molecule has 0 aliphatic carbocycles. The van der Waals surface area contributed by atoms with E-state index >= 15 is 0 Å². The first-order valence-corrected chi connectivity index (χ1v) is 11.9. The summed E-state index contributed by atoms with van der Waals surface area (Å²) in [6.45, 7) is 0.649. The predicted molar refractivity (Wildman–Crippen MR) is 114 cm³/mol. The molecule has 1 fully saturated rings. The molecule has 5 nitrogen and oxygen atoms in total. The van der Waals surface area contributed by atoms with Crippen molar-refractivity contribution in [2.24, 2.45) is 0 Å². The Kier molecular flexibility index (Phi) is 7.19. The van der Waals surface area contributed by atoms with E-state index in [1.165, 1.54) is 12.1 Å². The van der Waals surface area contributed by atoms with Gasteiger partial charge in [0.15, 0.2) is 9.84 Å². The van der Waals surface area contributed by atoms with Crippen molar-refractivity contribution in [3.63, 3.8) is 0 Å². The van der Waals surface area contributed by atoms with Crippen LogP contribution in [0.2, 0.25) is 5.02 Å². The molecule has 156 valence electrons. The highest BCUT2D eigenvalue weighted by molar-refractivity contribution is 7.91. The number of carbonyl (C=O) groups is 1. The normalized spacial score (nSPS) is 17.6. The minimum atomic E-state index is -3.53. The van der Waals surface area contributed by atoms with E-state index in [0.717, 1.165) is 37.0 Å². The second kappa shape index (κ2) is 9.63. The number of carbonyl (C=O) groups excluding carboxylic acids is 1. The summed E-state index contributed by atoms with van der Waals surface area (Å²) in [5, 5.41) is 0.479. The van der Waals surface area contributed by atoms with E-state index in [0.29, 0.717) is 11.6 Å². The average molecular weight is 436 g/mol. The number of hydrogen-bond acceptors (Lipinski definition) is 4. The van der Waals surface area contributed by atoms with Crippen molar-refractivity contribution in [2.75, 3.05) is 19.4 Å². The lowest BCUT2D eigenvalue weighted by Gasteiger charge is -2.30. The van der Waals surface area contributed by atoms with Crippen molar-refractivity contribution in [1.82, 2.24) is 4.90 Å². The maximum atomic E-state index is 13.0. The number of benzene rings is 2. The molecule has 0 N–H and O–H groups in total. The molecule has 3 rings (SSSR count). The topological polar surface area (TPSA) is 63.7 Å². The van der Waals surface area contributed by atoms with E-state index in [2.05, 4.69) is 0 Å². The molecule has 1 saturated heterocycles. The third-order valence-corrected chi connectivity index (χ3v) is 7.32. The molecule has 1 amide bonds. The molecule has 1 heterocycles. The molecule has 1 atom stereocenters. The van der Waals surface area contributed by atoms with Crippen LogP contribution in [-0.2, 0) is 14.6 Å². The maximum absolute atomic E-state index is 13.0. The summed E-state index contributed by atoms with van der Waals surface area (Å²) in [7, 11) is -1.91. The molecule has 1 aliphatic rings. The molecule has 0 radical (unpaired) electrons. The standard InChI is InChI=1S/C22H26ClNO4S/c1-28-19-10-6-17(7-11-19)21-5-3-2-4-15-24(21)22(25)14-16-29(26,27)20-12-8-18(23)9-13-20/h6-13,21H,2-5,14-16H2,1H3/t21-/m1/s1. The van der Waals surface area contributed by atoms with E-state index in [1.807, 2.05) is 29.2 Å². The van der Waals surface area contributed by atoms with Gasteiger partial charge in [0.25, 0.3) is 0 Å². The highest BCUT2D eigenvalue weighted by atomic mass is 35.5. The van der Waals surface area contributed by atoms with Crippen LogP contribution in [0.15, 0.2) is 53.4 Å². The Morgan fingerprint density at radius 2 is 1.76 bits per heavy atom. The Bertz CT molecular complexity index is 926. The average Bonchev–Trinajstić information content (AvgIpc) is 2.99. The Balaban J connectivity index is 1.73. The zero-order valence-electron chi connectivity index (χ0n) is 16.5. The molecule has 0 saturated carbocycles. The SMILES string of the molecule is COc1ccc([C@H]2CCCCCN2C(=O)CCS(=O)(=O)c2ccc(Cl)cc2)cc1. The summed E-state index contributed by atoms with van der Waals surface area (Å²) in [5.74, 6) is 0.443. The lowest BCUT2D eigenvalue weighted by atomic mass is 10.0. The Morgan fingerprint density at radius 1 is 1.07 bits per heavy atom. The van der Waals surface area contributed by atoms with Gasteiger partial charge < -0.3 is 9.64 Å². The Morgan fingerprint density at radius 3 is 2.41 bits per heavy atom. The van der Waals surface area contributed by atoms with Crippen molar-refractivity contribution in [3.05, 3.63) is 59.1 Å². The van der Waals surface area contributed by atoms with Crippen molar-refractivity contribution >= 4 is 27.3 Å². The first-order valence-electron chi connectivity index (χ1n) is 9.82. The number of ether oxygens (including phenoxy) is 1. The van der Waals surface area contributed by atoms with Crippen LogP contribution in [0.4, 0.5) is 0 Å². The number of amides is 1. The van der Waals surface area contributed by atoms with E-state index in [-0.39, 0.29) is 29.0 Å². The van der Waals surface area contributed by atoms with Crippen LogP contribution in [0, 0.1) is 0 Å². The van der Waals surface area contributed by atoms with Crippen LogP contribution in [-0.4, -0.2) is 38.6 Å². The lowest BCUT2D eigenvalue weighted by Crippen LogP contribution is -2.35. The second-order valence-electron chi connectivity index (χ2n) is 7.25. The van der Waals surface area contributed by atoms with Crippen LogP contribution in [0.5, 0.6) is 5.75 Å². The molecule has 0 spiro atoms. The van der Waals surface area contributed by atoms with E-state index < -0.39 is 9.84 Å². The van der Waals surface area contributed by atoms with Crippen LogP contribution in [0.25, 0.3) is 0 Å². The quantitative estimate of drug-likeness (QED) is 0.662. The number of sulfone groups is 1. The Hall–Kier alpha value is -2.05. The van der Waals surface area contributed by atoms with E-state index in [1.54, 1.807) is 19.2 Å². The van der Waals surface area contributed by atoms with E-state index in [9.17, 15) is 13.2 Å². The van der Waals surface area contributed by atoms with Crippen LogP contribution in [0.3, 0.4) is 0 Å². The van der Waals surface area contributed by atoms with Gasteiger partial charge in [-0.15, -0.1) is 0 Å². The zero-order valence-corrected chi connectivity index (χ0v) is 18.1. The fourth-order valence-corrected chi connectivity index (χ4v) is 5.06. The first-order chi connectivity index (χ1) is 13.9. The van der Waals surface area contributed by atoms with Gasteiger partial charge in [0, 0.05) is 18.0 Å². The summed E-state index contributed by atoms with van der Waals surface area (Å²) in [6.07, 6.45) is 3.89. The lowest BCUT2D eigenvalue weighted by molar-refractivity contribution is -0.133. The molecule has 29 heavy (non-hydrogen) atoms. The van der Waals surface area contributed by atoms with Crippen molar-refractivity contribution in [1.29, 1.82) is 0 Å². The number of hydrogen-bond donors (Lipinski definition) is 0. The van der Waals surface area contributed by atoms with Gasteiger partial charge >= 0.3 is 0 Å². The summed E-state index contributed by atoms with van der Waals surface area (Å²) >= 11 is 5.84. The first kappa shape index (κ1) is 21.7. The third kappa shape index (κ3) is 5.52. The Labute approximate surface area is 177 Å². The fourth-order valence-electron chi connectivity index (χ4n) is 3.70. The van der Waals surface area contributed by atoms with Crippen LogP contribution < -0.4 is 4.74 Å². The minimum Gasteiger partial charge on any atom is -0.497 e. The molecular weight excluding hydrogens is 410 g/mol. The number of halogens is 1. The van der Waals surface area contributed by atoms with Crippen molar-refractivity contribution in [2.45, 2.75) is 43.0 Å². The molecule has 0 bridgehead atoms. The van der Waals surface area contributed by atoms with Gasteiger partial charge in [0.1, 0.15) is 5.75 Å². The maximum Gasteiger partial charge on any atom is 0.224 e. The molecule has 0 unspecified atom stereocenters. The monoisotopic (exact) mass is 435 g/mol. The molecule has 7 heteroatoms. The second-order valence-corrected chi connectivity index (χ2v) is 9.79. The number of likely N-dealkylation sites (tertiary alicyclic amines) is 1. The van der Waals surface area contributed by atoms with Gasteiger partial charge in [-0.3, -0.25) is 4.79 Å². The fraction of sp³-hybridized carbons (Fsp3) is 0.409. The number of methoxy groups -OCH3 is 1. The van der Waals surface area contributed by atoms with Gasteiger partial charge in [-0.1, -0.05) is 36.6 Å². The molecule has 2 aromatic carbocycles. The number of rotatable bonds is 6. The predicted octanol–water partition coefficient (Wildman–Crippen LogP) is 4.66. The summed E-state index contributed by atoms with van der Waals surface area (Å²) in [6, 6.07) is 13.8. The molecule has 1 aliphatic heterocycles. The van der Waals surface area contributed by atoms with Crippen molar-refractivity contribution < 1.29 is 17.9 Å². The highest BCUT2D eigenvalue weighted by Gasteiger charge is 2.28. The van der Waals surface area contributed by atoms with Crippen LogP contribution in [0.1, 0.15) is 43.7 Å². The third-order valence-electron chi connectivity index (χ3n) is 5.33. The number of nitrogens with zero attached hydrogens (tertiary/aromatic N) is 1. The van der Waals surface area contributed by atoms with Gasteiger partial charge in [-0.2, -0.15) is 0 Å². The summed E-state index contributed by atoms with van der Waals surface area (Å²) in [5.41, 5.74) is 1.06. The highest BCUT2D eigenvalue weighted by Crippen LogP contribution is 2.32. The van der Waals surface area contributed by atoms with Crippen LogP contribution >= 0.6 is 11.6 Å². The minimum absolute atomic E-state index is 0.0301. The summed E-state index contributed by atoms with van der Waals surface area (Å²) < 4.78 is 30.4. The smallest absolute Gasteiger partial charge is 0.224 e. The van der Waals surface area contributed by atoms with Gasteiger partial charge in [0.05, 0.1) is 23.8 Å². The van der Waals surface area contributed by atoms with Gasteiger partial charge in [-0.05, 0) is 54.8 Å². The molecule has 2 aromatic rings. The van der Waals surface area contributed by atoms with Gasteiger partial charge in [-0.25, -0.2) is 8.42 Å². The van der Waals surface area contributed by atoms with Crippen molar-refractivity contribution in [3.8, 4) is 5.75 Å². The van der Waals surface area contributed by atoms with Gasteiger partial charge in [0.2, 0.25) is 5.91 Å².